The van der Waals surface area contributed by atoms with E-state index in [1.807, 2.05) is 0 Å². The molecule has 0 atom stereocenters. The molecule has 3 aromatic rings. The summed E-state index contributed by atoms with van der Waals surface area (Å²) in [4.78, 5) is 64.2. The normalized spacial score (nSPS) is 14.2. The number of carbonyl (C=O) groups is 5. The van der Waals surface area contributed by atoms with Crippen LogP contribution in [0.2, 0.25) is 5.02 Å². The maximum Gasteiger partial charge on any atom is 0.339 e. The SMILES string of the molecule is O=C(OCCN1C(=O)c2ccccc2C1=O)c1ccc2c(c1Cl)C(=O)c1ccccc1C2=O. The van der Waals surface area contributed by atoms with E-state index in [0.717, 1.165) is 4.90 Å². The molecule has 2 amide bonds. The minimum absolute atomic E-state index is 0.0461. The van der Waals surface area contributed by atoms with Crippen molar-refractivity contribution < 1.29 is 28.7 Å². The topological polar surface area (TPSA) is 97.8 Å². The average molecular weight is 460 g/mol. The first-order chi connectivity index (χ1) is 15.9. The average Bonchev–Trinajstić information content (AvgIpc) is 3.07. The summed E-state index contributed by atoms with van der Waals surface area (Å²) in [5.41, 5.74) is 1.08. The Kier molecular flexibility index (Phi) is 4.91. The summed E-state index contributed by atoms with van der Waals surface area (Å²) in [5.74, 6) is -2.56. The van der Waals surface area contributed by atoms with Crippen LogP contribution in [0.5, 0.6) is 0 Å². The number of esters is 1. The molecule has 1 heterocycles. The van der Waals surface area contributed by atoms with Crippen molar-refractivity contribution >= 4 is 41.0 Å². The third-order valence-corrected chi connectivity index (χ3v) is 6.07. The number of halogens is 1. The quantitative estimate of drug-likeness (QED) is 0.342. The molecule has 3 aromatic carbocycles. The lowest BCUT2D eigenvalue weighted by Crippen LogP contribution is -2.33. The van der Waals surface area contributed by atoms with Crippen molar-refractivity contribution in [2.75, 3.05) is 13.2 Å². The molecule has 1 aliphatic carbocycles. The van der Waals surface area contributed by atoms with Crippen molar-refractivity contribution in [1.29, 1.82) is 0 Å². The minimum Gasteiger partial charge on any atom is -0.460 e. The molecule has 2 aliphatic rings. The lowest BCUT2D eigenvalue weighted by atomic mass is 9.83. The van der Waals surface area contributed by atoms with Gasteiger partial charge in [0.2, 0.25) is 0 Å². The maximum atomic E-state index is 12.9. The molecule has 0 aromatic heterocycles. The van der Waals surface area contributed by atoms with Crippen molar-refractivity contribution in [3.05, 3.63) is 105 Å². The number of benzene rings is 3. The number of nitrogens with zero attached hydrogens (tertiary/aromatic N) is 1. The fourth-order valence-corrected chi connectivity index (χ4v) is 4.38. The van der Waals surface area contributed by atoms with Gasteiger partial charge in [0.25, 0.3) is 11.8 Å². The molecule has 0 radical (unpaired) electrons. The van der Waals surface area contributed by atoms with E-state index in [4.69, 9.17) is 16.3 Å². The van der Waals surface area contributed by atoms with Crippen LogP contribution in [0.25, 0.3) is 0 Å². The van der Waals surface area contributed by atoms with Crippen LogP contribution >= 0.6 is 11.6 Å². The third kappa shape index (κ3) is 3.16. The van der Waals surface area contributed by atoms with Crippen molar-refractivity contribution in [3.8, 4) is 0 Å². The predicted octanol–water partition coefficient (Wildman–Crippen LogP) is 3.57. The molecule has 0 saturated heterocycles. The summed E-state index contributed by atoms with van der Waals surface area (Å²) < 4.78 is 5.22. The third-order valence-electron chi connectivity index (χ3n) is 5.68. The van der Waals surface area contributed by atoms with Crippen LogP contribution in [-0.4, -0.2) is 47.4 Å². The Hall–Kier alpha value is -4.10. The summed E-state index contributed by atoms with van der Waals surface area (Å²) in [6.07, 6.45) is 0. The van der Waals surface area contributed by atoms with E-state index in [1.54, 1.807) is 42.5 Å². The number of imide groups is 1. The number of fused-ring (bicyclic) bond motifs is 3. The van der Waals surface area contributed by atoms with Crippen molar-refractivity contribution in [3.63, 3.8) is 0 Å². The van der Waals surface area contributed by atoms with E-state index in [9.17, 15) is 24.0 Å². The van der Waals surface area contributed by atoms with Crippen LogP contribution in [-0.2, 0) is 4.74 Å². The van der Waals surface area contributed by atoms with Gasteiger partial charge in [-0.25, -0.2) is 4.79 Å². The summed E-state index contributed by atoms with van der Waals surface area (Å²) in [7, 11) is 0. The van der Waals surface area contributed by atoms with Crippen molar-refractivity contribution in [2.24, 2.45) is 0 Å². The Bertz CT molecular complexity index is 1370. The van der Waals surface area contributed by atoms with Gasteiger partial charge < -0.3 is 4.74 Å². The first-order valence-electron chi connectivity index (χ1n) is 10.0. The van der Waals surface area contributed by atoms with Crippen LogP contribution in [0.3, 0.4) is 0 Å². The first kappa shape index (κ1) is 20.8. The van der Waals surface area contributed by atoms with E-state index in [2.05, 4.69) is 0 Å². The van der Waals surface area contributed by atoms with Gasteiger partial charge in [-0.1, -0.05) is 48.0 Å². The highest BCUT2D eigenvalue weighted by Crippen LogP contribution is 2.34. The number of rotatable bonds is 4. The summed E-state index contributed by atoms with van der Waals surface area (Å²) >= 11 is 6.37. The van der Waals surface area contributed by atoms with Gasteiger partial charge in [0.1, 0.15) is 6.61 Å². The molecule has 0 unspecified atom stereocenters. The van der Waals surface area contributed by atoms with E-state index >= 15 is 0 Å². The van der Waals surface area contributed by atoms with E-state index < -0.39 is 23.6 Å². The molecule has 0 spiro atoms. The van der Waals surface area contributed by atoms with Crippen LogP contribution < -0.4 is 0 Å². The molecular weight excluding hydrogens is 446 g/mol. The van der Waals surface area contributed by atoms with Gasteiger partial charge in [0.15, 0.2) is 11.6 Å². The highest BCUT2D eigenvalue weighted by atomic mass is 35.5. The van der Waals surface area contributed by atoms with Gasteiger partial charge in [-0.2, -0.15) is 0 Å². The van der Waals surface area contributed by atoms with Crippen LogP contribution in [0, 0.1) is 0 Å². The van der Waals surface area contributed by atoms with Gasteiger partial charge in [-0.05, 0) is 24.3 Å². The summed E-state index contributed by atoms with van der Waals surface area (Å²) in [5, 5.41) is -0.175. The zero-order chi connectivity index (χ0) is 23.3. The maximum absolute atomic E-state index is 12.9. The molecule has 0 bridgehead atoms. The molecule has 0 fully saturated rings. The van der Waals surface area contributed by atoms with Crippen molar-refractivity contribution in [2.45, 2.75) is 0 Å². The smallest absolute Gasteiger partial charge is 0.339 e. The number of ketones is 2. The highest BCUT2D eigenvalue weighted by Gasteiger charge is 2.36. The second kappa shape index (κ2) is 7.79. The molecule has 5 rings (SSSR count). The van der Waals surface area contributed by atoms with Crippen LogP contribution in [0.15, 0.2) is 60.7 Å². The number of amides is 2. The standard InChI is InChI=1S/C25H14ClNO6/c26-20-18(10-9-17-19(20)22(29)14-6-2-1-5-13(14)21(17)28)25(32)33-12-11-27-23(30)15-7-3-4-8-16(15)24(27)31/h1-10H,11-12H2. The van der Waals surface area contributed by atoms with Gasteiger partial charge in [0.05, 0.1) is 33.8 Å². The van der Waals surface area contributed by atoms with E-state index in [-0.39, 0.29) is 51.8 Å². The minimum atomic E-state index is -0.835. The fourth-order valence-electron chi connectivity index (χ4n) is 4.05. The fraction of sp³-hybridized carbons (Fsp3) is 0.0800. The second-order valence-electron chi connectivity index (χ2n) is 7.50. The van der Waals surface area contributed by atoms with Crippen LogP contribution in [0.1, 0.15) is 62.9 Å². The van der Waals surface area contributed by atoms with E-state index in [1.165, 1.54) is 18.2 Å². The molecule has 162 valence electrons. The number of ether oxygens (including phenoxy) is 1. The largest absolute Gasteiger partial charge is 0.460 e. The Morgan fingerprint density at radius 1 is 0.727 bits per heavy atom. The molecular formula is C25H14ClNO6. The Morgan fingerprint density at radius 3 is 1.88 bits per heavy atom. The highest BCUT2D eigenvalue weighted by molar-refractivity contribution is 6.41. The number of hydrogen-bond acceptors (Lipinski definition) is 6. The van der Waals surface area contributed by atoms with Gasteiger partial charge in [-0.15, -0.1) is 0 Å². The monoisotopic (exact) mass is 459 g/mol. The molecule has 7 nitrogen and oxygen atoms in total. The predicted molar refractivity (Wildman–Crippen MR) is 117 cm³/mol. The second-order valence-corrected chi connectivity index (χ2v) is 7.87. The van der Waals surface area contributed by atoms with Gasteiger partial charge >= 0.3 is 5.97 Å². The zero-order valence-electron chi connectivity index (χ0n) is 17.0. The zero-order valence-corrected chi connectivity index (χ0v) is 17.7. The molecule has 8 heteroatoms. The Balaban J connectivity index is 1.34. The van der Waals surface area contributed by atoms with E-state index in [0.29, 0.717) is 11.1 Å². The van der Waals surface area contributed by atoms with Crippen LogP contribution in [0.4, 0.5) is 0 Å². The molecule has 0 N–H and O–H groups in total. The molecule has 33 heavy (non-hydrogen) atoms. The Labute approximate surface area is 192 Å². The number of hydrogen-bond donors (Lipinski definition) is 0. The van der Waals surface area contributed by atoms with Crippen molar-refractivity contribution in [1.82, 2.24) is 4.90 Å². The molecule has 1 aliphatic heterocycles. The lowest BCUT2D eigenvalue weighted by Gasteiger charge is -2.19. The van der Waals surface area contributed by atoms with Gasteiger partial charge in [-0.3, -0.25) is 24.1 Å². The Morgan fingerprint density at radius 2 is 1.27 bits per heavy atom. The summed E-state index contributed by atoms with van der Waals surface area (Å²) in [6.45, 7) is -0.390. The first-order valence-corrected chi connectivity index (χ1v) is 10.4. The number of carbonyl (C=O) groups excluding carboxylic acids is 5. The summed E-state index contributed by atoms with van der Waals surface area (Å²) in [6, 6.07) is 15.5. The molecule has 0 saturated carbocycles. The van der Waals surface area contributed by atoms with Gasteiger partial charge in [0, 0.05) is 16.7 Å². The lowest BCUT2D eigenvalue weighted by molar-refractivity contribution is 0.0420.